The first-order chi connectivity index (χ1) is 12.0. The number of hydrogen-bond donors (Lipinski definition) is 2. The molecule has 0 bridgehead atoms. The van der Waals surface area contributed by atoms with Crippen molar-refractivity contribution in [3.05, 3.63) is 53.6 Å². The van der Waals surface area contributed by atoms with Crippen molar-refractivity contribution < 1.29 is 23.9 Å². The smallest absolute Gasteiger partial charge is 0.339 e. The summed E-state index contributed by atoms with van der Waals surface area (Å²) in [6.07, 6.45) is -0.584. The van der Waals surface area contributed by atoms with E-state index in [9.17, 15) is 14.4 Å². The second-order valence-electron chi connectivity index (χ2n) is 5.45. The first-order valence-electron chi connectivity index (χ1n) is 7.60. The van der Waals surface area contributed by atoms with Crippen LogP contribution in [0.3, 0.4) is 0 Å². The molecular formula is C18H16N2O5. The van der Waals surface area contributed by atoms with Gasteiger partial charge in [-0.05, 0) is 37.3 Å². The van der Waals surface area contributed by atoms with Crippen molar-refractivity contribution in [2.24, 2.45) is 0 Å². The van der Waals surface area contributed by atoms with Crippen LogP contribution in [0.4, 0.5) is 11.4 Å². The van der Waals surface area contributed by atoms with E-state index in [1.54, 1.807) is 43.3 Å². The van der Waals surface area contributed by atoms with Crippen LogP contribution in [0.1, 0.15) is 27.6 Å². The molecule has 2 aromatic carbocycles. The minimum atomic E-state index is -0.584. The van der Waals surface area contributed by atoms with Gasteiger partial charge in [0, 0.05) is 5.56 Å². The van der Waals surface area contributed by atoms with Crippen molar-refractivity contribution in [3.63, 3.8) is 0 Å². The number of esters is 1. The minimum Gasteiger partial charge on any atom is -0.479 e. The molecule has 1 aliphatic rings. The molecule has 0 fully saturated rings. The Bertz CT molecular complexity index is 862. The van der Waals surface area contributed by atoms with E-state index in [4.69, 9.17) is 9.47 Å². The first-order valence-corrected chi connectivity index (χ1v) is 7.60. The fourth-order valence-electron chi connectivity index (χ4n) is 2.42. The van der Waals surface area contributed by atoms with Gasteiger partial charge in [-0.2, -0.15) is 0 Å². The van der Waals surface area contributed by atoms with Gasteiger partial charge >= 0.3 is 5.97 Å². The molecule has 2 amide bonds. The molecule has 3 rings (SSSR count). The van der Waals surface area contributed by atoms with Crippen LogP contribution in [0.25, 0.3) is 0 Å². The number of para-hydroxylation sites is 1. The van der Waals surface area contributed by atoms with Crippen molar-refractivity contribution in [1.82, 2.24) is 0 Å². The molecule has 0 aromatic heterocycles. The average molecular weight is 340 g/mol. The zero-order valence-corrected chi connectivity index (χ0v) is 13.7. The summed E-state index contributed by atoms with van der Waals surface area (Å²) in [5.41, 5.74) is 1.33. The van der Waals surface area contributed by atoms with Crippen molar-refractivity contribution in [2.45, 2.75) is 13.0 Å². The van der Waals surface area contributed by atoms with E-state index in [2.05, 4.69) is 10.6 Å². The molecule has 0 radical (unpaired) electrons. The van der Waals surface area contributed by atoms with Gasteiger partial charge in [-0.3, -0.25) is 9.59 Å². The molecule has 0 saturated carbocycles. The second-order valence-corrected chi connectivity index (χ2v) is 5.45. The first kappa shape index (κ1) is 16.5. The van der Waals surface area contributed by atoms with E-state index in [0.717, 1.165) is 0 Å². The van der Waals surface area contributed by atoms with Crippen molar-refractivity contribution >= 4 is 29.2 Å². The molecule has 7 nitrogen and oxygen atoms in total. The summed E-state index contributed by atoms with van der Waals surface area (Å²) < 4.78 is 10.2. The lowest BCUT2D eigenvalue weighted by atomic mass is 10.1. The normalized spacial score (nSPS) is 15.4. The van der Waals surface area contributed by atoms with E-state index >= 15 is 0 Å². The highest BCUT2D eigenvalue weighted by molar-refractivity contribution is 6.09. The highest BCUT2D eigenvalue weighted by atomic mass is 16.5. The summed E-state index contributed by atoms with van der Waals surface area (Å²) in [7, 11) is 1.27. The molecular weight excluding hydrogens is 324 g/mol. The summed E-state index contributed by atoms with van der Waals surface area (Å²) in [4.78, 5) is 36.0. The zero-order chi connectivity index (χ0) is 18.0. The third-order valence-corrected chi connectivity index (χ3v) is 3.75. The molecule has 7 heteroatoms. The van der Waals surface area contributed by atoms with Crippen molar-refractivity contribution in [3.8, 4) is 5.75 Å². The second kappa shape index (κ2) is 6.64. The van der Waals surface area contributed by atoms with Crippen LogP contribution >= 0.6 is 0 Å². The zero-order valence-electron chi connectivity index (χ0n) is 13.7. The summed E-state index contributed by atoms with van der Waals surface area (Å²) in [6, 6.07) is 11.3. The molecule has 2 N–H and O–H groups in total. The SMILES string of the molecule is COC(=O)c1ccccc1NC(=O)c1ccc2c(c1)NC(=O)C(C)O2. The summed E-state index contributed by atoms with van der Waals surface area (Å²) in [5, 5.41) is 5.37. The lowest BCUT2D eigenvalue weighted by Crippen LogP contribution is -2.34. The van der Waals surface area contributed by atoms with Gasteiger partial charge in [-0.1, -0.05) is 12.1 Å². The van der Waals surface area contributed by atoms with Crippen molar-refractivity contribution in [2.75, 3.05) is 17.7 Å². The average Bonchev–Trinajstić information content (AvgIpc) is 2.62. The summed E-state index contributed by atoms with van der Waals surface area (Å²) in [6.45, 7) is 1.64. The number of hydrogen-bond acceptors (Lipinski definition) is 5. The third kappa shape index (κ3) is 3.30. The van der Waals surface area contributed by atoms with Crippen LogP contribution in [0.2, 0.25) is 0 Å². The molecule has 0 spiro atoms. The summed E-state index contributed by atoms with van der Waals surface area (Å²) in [5.74, 6) is -0.747. The summed E-state index contributed by atoms with van der Waals surface area (Å²) >= 11 is 0. The van der Waals surface area contributed by atoms with Gasteiger partial charge in [0.15, 0.2) is 6.10 Å². The minimum absolute atomic E-state index is 0.252. The lowest BCUT2D eigenvalue weighted by Gasteiger charge is -2.23. The van der Waals surface area contributed by atoms with Gasteiger partial charge in [-0.25, -0.2) is 4.79 Å². The molecule has 1 heterocycles. The fourth-order valence-corrected chi connectivity index (χ4v) is 2.42. The monoisotopic (exact) mass is 340 g/mol. The van der Waals surface area contributed by atoms with Gasteiger partial charge in [0.1, 0.15) is 5.75 Å². The lowest BCUT2D eigenvalue weighted by molar-refractivity contribution is -0.122. The van der Waals surface area contributed by atoms with E-state index in [-0.39, 0.29) is 11.5 Å². The molecule has 25 heavy (non-hydrogen) atoms. The molecule has 1 aliphatic heterocycles. The highest BCUT2D eigenvalue weighted by Crippen LogP contribution is 2.30. The number of carbonyl (C=O) groups is 3. The number of anilines is 2. The predicted octanol–water partition coefficient (Wildman–Crippen LogP) is 2.44. The molecule has 0 saturated heterocycles. The van der Waals surface area contributed by atoms with E-state index in [0.29, 0.717) is 22.7 Å². The molecule has 2 aromatic rings. The van der Waals surface area contributed by atoms with Crippen LogP contribution < -0.4 is 15.4 Å². The Kier molecular flexibility index (Phi) is 4.38. The van der Waals surface area contributed by atoms with Gasteiger partial charge < -0.3 is 20.1 Å². The Labute approximate surface area is 143 Å². The van der Waals surface area contributed by atoms with Crippen LogP contribution in [-0.4, -0.2) is 31.0 Å². The number of carbonyl (C=O) groups excluding carboxylic acids is 3. The number of amides is 2. The Balaban J connectivity index is 1.85. The maximum atomic E-state index is 12.5. The highest BCUT2D eigenvalue weighted by Gasteiger charge is 2.24. The molecule has 128 valence electrons. The predicted molar refractivity (Wildman–Crippen MR) is 90.9 cm³/mol. The largest absolute Gasteiger partial charge is 0.479 e. The Morgan fingerprint density at radius 2 is 1.96 bits per heavy atom. The standard InChI is InChI=1S/C18H16N2O5/c1-10-16(21)20-14-9-11(7-8-15(14)25-10)17(22)19-13-6-4-3-5-12(13)18(23)24-2/h3-10H,1-2H3,(H,19,22)(H,20,21). The quantitative estimate of drug-likeness (QED) is 0.837. The number of benzene rings is 2. The molecule has 0 aliphatic carbocycles. The third-order valence-electron chi connectivity index (χ3n) is 3.75. The Hall–Kier alpha value is -3.35. The van der Waals surface area contributed by atoms with Gasteiger partial charge in [0.2, 0.25) is 0 Å². The van der Waals surface area contributed by atoms with Gasteiger partial charge in [-0.15, -0.1) is 0 Å². The Morgan fingerprint density at radius 3 is 2.72 bits per heavy atom. The van der Waals surface area contributed by atoms with E-state index in [1.165, 1.54) is 13.2 Å². The van der Waals surface area contributed by atoms with E-state index < -0.39 is 18.0 Å². The van der Waals surface area contributed by atoms with Gasteiger partial charge in [0.25, 0.3) is 11.8 Å². The van der Waals surface area contributed by atoms with Crippen LogP contribution in [0.15, 0.2) is 42.5 Å². The maximum absolute atomic E-state index is 12.5. The van der Waals surface area contributed by atoms with Crippen LogP contribution in [0.5, 0.6) is 5.75 Å². The number of methoxy groups -OCH3 is 1. The number of fused-ring (bicyclic) bond motifs is 1. The molecule has 1 atom stereocenters. The van der Waals surface area contributed by atoms with Crippen molar-refractivity contribution in [1.29, 1.82) is 0 Å². The topological polar surface area (TPSA) is 93.7 Å². The van der Waals surface area contributed by atoms with E-state index in [1.807, 2.05) is 0 Å². The van der Waals surface area contributed by atoms with Crippen LogP contribution in [-0.2, 0) is 9.53 Å². The number of nitrogens with one attached hydrogen (secondary N) is 2. The maximum Gasteiger partial charge on any atom is 0.339 e. The van der Waals surface area contributed by atoms with Crippen LogP contribution in [0, 0.1) is 0 Å². The number of ether oxygens (including phenoxy) is 2. The van der Waals surface area contributed by atoms with Gasteiger partial charge in [0.05, 0.1) is 24.0 Å². The molecule has 1 unspecified atom stereocenters. The number of rotatable bonds is 3. The Morgan fingerprint density at radius 1 is 1.20 bits per heavy atom. The fraction of sp³-hybridized carbons (Fsp3) is 0.167.